The van der Waals surface area contributed by atoms with Crippen LogP contribution in [0.15, 0.2) is 42.7 Å². The lowest BCUT2D eigenvalue weighted by Crippen LogP contribution is -2.13. The molecule has 0 saturated heterocycles. The maximum atomic E-state index is 5.83. The summed E-state index contributed by atoms with van der Waals surface area (Å²) >= 11 is 10.8. The third-order valence-corrected chi connectivity index (χ3v) is 2.78. The summed E-state index contributed by atoms with van der Waals surface area (Å²) in [7, 11) is 0. The number of benzene rings is 1. The molecule has 0 aliphatic heterocycles. The van der Waals surface area contributed by atoms with E-state index >= 15 is 0 Å². The SMILES string of the molecule is NC(=S)c1ccccc1COc1cncc(Cl)c1. The smallest absolute Gasteiger partial charge is 0.139 e. The van der Waals surface area contributed by atoms with Gasteiger partial charge in [0.25, 0.3) is 0 Å². The van der Waals surface area contributed by atoms with Crippen LogP contribution < -0.4 is 10.5 Å². The zero-order valence-corrected chi connectivity index (χ0v) is 11.0. The fourth-order valence-electron chi connectivity index (χ4n) is 1.52. The second-order valence-corrected chi connectivity index (χ2v) is 4.53. The van der Waals surface area contributed by atoms with E-state index in [1.54, 1.807) is 18.5 Å². The molecule has 92 valence electrons. The molecule has 0 amide bonds. The van der Waals surface area contributed by atoms with Crippen LogP contribution in [0.4, 0.5) is 0 Å². The van der Waals surface area contributed by atoms with E-state index in [9.17, 15) is 0 Å². The number of ether oxygens (including phenoxy) is 1. The lowest BCUT2D eigenvalue weighted by Gasteiger charge is -2.09. The molecule has 1 aromatic heterocycles. The Kier molecular flexibility index (Phi) is 4.12. The quantitative estimate of drug-likeness (QED) is 0.874. The predicted molar refractivity (Wildman–Crippen MR) is 75.9 cm³/mol. The van der Waals surface area contributed by atoms with Crippen LogP contribution in [-0.4, -0.2) is 9.97 Å². The van der Waals surface area contributed by atoms with Crippen molar-refractivity contribution in [1.82, 2.24) is 4.98 Å². The first-order chi connectivity index (χ1) is 8.66. The fourth-order valence-corrected chi connectivity index (χ4v) is 1.88. The van der Waals surface area contributed by atoms with Crippen molar-refractivity contribution in [3.8, 4) is 5.75 Å². The Labute approximate surface area is 116 Å². The first-order valence-electron chi connectivity index (χ1n) is 5.28. The van der Waals surface area contributed by atoms with Crippen molar-refractivity contribution in [1.29, 1.82) is 0 Å². The summed E-state index contributed by atoms with van der Waals surface area (Å²) in [5.41, 5.74) is 7.41. The van der Waals surface area contributed by atoms with Crippen molar-refractivity contribution in [2.75, 3.05) is 0 Å². The Morgan fingerprint density at radius 2 is 2.11 bits per heavy atom. The van der Waals surface area contributed by atoms with Gasteiger partial charge in [-0.05, 0) is 5.56 Å². The minimum absolute atomic E-state index is 0.360. The minimum Gasteiger partial charge on any atom is -0.487 e. The largest absolute Gasteiger partial charge is 0.487 e. The molecular weight excluding hydrogens is 268 g/mol. The Morgan fingerprint density at radius 1 is 1.33 bits per heavy atom. The molecule has 0 aliphatic rings. The van der Waals surface area contributed by atoms with Crippen molar-refractivity contribution in [3.63, 3.8) is 0 Å². The van der Waals surface area contributed by atoms with Crippen LogP contribution in [0.1, 0.15) is 11.1 Å². The molecule has 0 fully saturated rings. The first-order valence-corrected chi connectivity index (χ1v) is 6.06. The van der Waals surface area contributed by atoms with Crippen molar-refractivity contribution < 1.29 is 4.74 Å². The predicted octanol–water partition coefficient (Wildman–Crippen LogP) is 2.95. The first kappa shape index (κ1) is 12.8. The van der Waals surface area contributed by atoms with Gasteiger partial charge in [0, 0.05) is 17.8 Å². The second-order valence-electron chi connectivity index (χ2n) is 3.65. The van der Waals surface area contributed by atoms with Gasteiger partial charge < -0.3 is 10.5 Å². The Hall–Kier alpha value is -1.65. The van der Waals surface area contributed by atoms with E-state index in [1.165, 1.54) is 0 Å². The van der Waals surface area contributed by atoms with Gasteiger partial charge >= 0.3 is 0 Å². The van der Waals surface area contributed by atoms with Crippen LogP contribution in [0.3, 0.4) is 0 Å². The molecule has 2 rings (SSSR count). The summed E-state index contributed by atoms with van der Waals surface area (Å²) < 4.78 is 5.60. The summed E-state index contributed by atoms with van der Waals surface area (Å²) in [6, 6.07) is 9.30. The molecule has 0 radical (unpaired) electrons. The lowest BCUT2D eigenvalue weighted by molar-refractivity contribution is 0.305. The molecule has 18 heavy (non-hydrogen) atoms. The van der Waals surface area contributed by atoms with Gasteiger partial charge in [0.05, 0.1) is 11.2 Å². The fraction of sp³-hybridized carbons (Fsp3) is 0.0769. The number of aromatic nitrogens is 1. The maximum Gasteiger partial charge on any atom is 0.139 e. The summed E-state index contributed by atoms with van der Waals surface area (Å²) in [4.78, 5) is 4.31. The summed E-state index contributed by atoms with van der Waals surface area (Å²) in [5, 5.41) is 0.537. The van der Waals surface area contributed by atoms with Gasteiger partial charge in [-0.15, -0.1) is 0 Å². The molecule has 0 spiro atoms. The van der Waals surface area contributed by atoms with E-state index in [0.29, 0.717) is 22.4 Å². The Morgan fingerprint density at radius 3 is 2.83 bits per heavy atom. The summed E-state index contributed by atoms with van der Waals surface area (Å²) in [5.74, 6) is 0.611. The van der Waals surface area contributed by atoms with Crippen molar-refractivity contribution in [2.24, 2.45) is 5.73 Å². The number of thiocarbonyl (C=S) groups is 1. The lowest BCUT2D eigenvalue weighted by atomic mass is 10.1. The Bertz CT molecular complexity index is 574. The molecule has 0 saturated carbocycles. The summed E-state index contributed by atoms with van der Waals surface area (Å²) in [6.45, 7) is 0.371. The van der Waals surface area contributed by atoms with E-state index in [-0.39, 0.29) is 0 Å². The molecule has 5 heteroatoms. The second kappa shape index (κ2) is 5.80. The van der Waals surface area contributed by atoms with Crippen LogP contribution in [0.5, 0.6) is 5.75 Å². The number of pyridine rings is 1. The molecule has 0 aliphatic carbocycles. The average molecular weight is 279 g/mol. The third-order valence-electron chi connectivity index (χ3n) is 2.36. The molecule has 0 atom stereocenters. The van der Waals surface area contributed by atoms with E-state index in [1.807, 2.05) is 24.3 Å². The highest BCUT2D eigenvalue weighted by Gasteiger charge is 2.05. The number of hydrogen-bond donors (Lipinski definition) is 1. The zero-order chi connectivity index (χ0) is 13.0. The van der Waals surface area contributed by atoms with E-state index in [4.69, 9.17) is 34.3 Å². The number of rotatable bonds is 4. The van der Waals surface area contributed by atoms with Crippen LogP contribution in [0, 0.1) is 0 Å². The van der Waals surface area contributed by atoms with Gasteiger partial charge in [-0.3, -0.25) is 4.98 Å². The topological polar surface area (TPSA) is 48.1 Å². The molecule has 0 unspecified atom stereocenters. The molecule has 2 aromatic rings. The van der Waals surface area contributed by atoms with Gasteiger partial charge in [0.15, 0.2) is 0 Å². The van der Waals surface area contributed by atoms with Crippen LogP contribution in [-0.2, 0) is 6.61 Å². The number of nitrogens with zero attached hydrogens (tertiary/aromatic N) is 1. The highest BCUT2D eigenvalue weighted by molar-refractivity contribution is 7.80. The van der Waals surface area contributed by atoms with Crippen LogP contribution in [0.2, 0.25) is 5.02 Å². The monoisotopic (exact) mass is 278 g/mol. The summed E-state index contributed by atoms with van der Waals surface area (Å²) in [6.07, 6.45) is 3.16. The average Bonchev–Trinajstić information content (AvgIpc) is 2.37. The van der Waals surface area contributed by atoms with Gasteiger partial charge in [0.2, 0.25) is 0 Å². The molecule has 2 N–H and O–H groups in total. The third kappa shape index (κ3) is 3.18. The van der Waals surface area contributed by atoms with Crippen molar-refractivity contribution in [2.45, 2.75) is 6.61 Å². The van der Waals surface area contributed by atoms with E-state index in [0.717, 1.165) is 11.1 Å². The molecule has 1 heterocycles. The normalized spacial score (nSPS) is 10.1. The van der Waals surface area contributed by atoms with Crippen LogP contribution >= 0.6 is 23.8 Å². The van der Waals surface area contributed by atoms with Gasteiger partial charge in [-0.1, -0.05) is 48.1 Å². The maximum absolute atomic E-state index is 5.83. The molecular formula is C13H11ClN2OS. The van der Waals surface area contributed by atoms with E-state index in [2.05, 4.69) is 4.98 Å². The zero-order valence-electron chi connectivity index (χ0n) is 9.47. The van der Waals surface area contributed by atoms with Gasteiger partial charge in [0.1, 0.15) is 17.3 Å². The minimum atomic E-state index is 0.360. The van der Waals surface area contributed by atoms with Crippen molar-refractivity contribution in [3.05, 3.63) is 58.9 Å². The standard InChI is InChI=1S/C13H11ClN2OS/c14-10-5-11(7-16-6-10)17-8-9-3-1-2-4-12(9)13(15)18/h1-7H,8H2,(H2,15,18). The molecule has 3 nitrogen and oxygen atoms in total. The van der Waals surface area contributed by atoms with E-state index < -0.39 is 0 Å². The number of hydrogen-bond acceptors (Lipinski definition) is 3. The van der Waals surface area contributed by atoms with Crippen molar-refractivity contribution >= 4 is 28.8 Å². The van der Waals surface area contributed by atoms with Gasteiger partial charge in [-0.2, -0.15) is 0 Å². The van der Waals surface area contributed by atoms with Gasteiger partial charge in [-0.25, -0.2) is 0 Å². The highest BCUT2D eigenvalue weighted by Crippen LogP contribution is 2.17. The molecule has 1 aromatic carbocycles. The van der Waals surface area contributed by atoms with Crippen LogP contribution in [0.25, 0.3) is 0 Å². The Balaban J connectivity index is 2.13. The molecule has 0 bridgehead atoms. The highest BCUT2D eigenvalue weighted by atomic mass is 35.5. The number of halogens is 1. The number of nitrogens with two attached hydrogens (primary N) is 1.